The number of nitrogens with two attached hydrogens (primary N) is 1. The zero-order valence-electron chi connectivity index (χ0n) is 9.61. The third-order valence-corrected chi connectivity index (χ3v) is 2.38. The van der Waals surface area contributed by atoms with Crippen molar-refractivity contribution in [3.8, 4) is 5.75 Å². The highest BCUT2D eigenvalue weighted by atomic mass is 19.1. The lowest BCUT2D eigenvalue weighted by atomic mass is 10.1. The van der Waals surface area contributed by atoms with Gasteiger partial charge in [0.15, 0.2) is 11.6 Å². The van der Waals surface area contributed by atoms with E-state index in [1.807, 2.05) is 6.92 Å². The van der Waals surface area contributed by atoms with Crippen LogP contribution in [0.2, 0.25) is 0 Å². The first-order valence-electron chi connectivity index (χ1n) is 5.40. The molecule has 0 bridgehead atoms. The number of benzene rings is 1. The Balaban J connectivity index is 2.68. The maximum atomic E-state index is 13.5. The van der Waals surface area contributed by atoms with Gasteiger partial charge in [-0.3, -0.25) is 0 Å². The Hall–Kier alpha value is -1.13. The van der Waals surface area contributed by atoms with Gasteiger partial charge < -0.3 is 15.6 Å². The first kappa shape index (κ1) is 12.9. The minimum atomic E-state index is -0.562. The molecule has 0 amide bonds. The van der Waals surface area contributed by atoms with Gasteiger partial charge in [-0.05, 0) is 31.0 Å². The van der Waals surface area contributed by atoms with E-state index in [1.165, 1.54) is 12.1 Å². The molecule has 0 aliphatic heterocycles. The molecule has 1 unspecified atom stereocenters. The van der Waals surface area contributed by atoms with Crippen LogP contribution in [0.5, 0.6) is 5.75 Å². The van der Waals surface area contributed by atoms with E-state index in [4.69, 9.17) is 10.5 Å². The molecule has 0 aromatic heterocycles. The molecule has 0 saturated heterocycles. The third kappa shape index (κ3) is 3.47. The van der Waals surface area contributed by atoms with Gasteiger partial charge >= 0.3 is 0 Å². The summed E-state index contributed by atoms with van der Waals surface area (Å²) < 4.78 is 18.7. The summed E-state index contributed by atoms with van der Waals surface area (Å²) in [4.78, 5) is 0. The second kappa shape index (κ2) is 5.82. The standard InChI is InChI=1S/C12H18FNO2/c1-3-10(15)7-16-12-5-4-9(8(2)14)6-11(12)13/h4-6,8,10,15H,3,7,14H2,1-2H3/t8-,10?/m0/s1. The Bertz CT molecular complexity index is 342. The molecule has 0 aliphatic carbocycles. The van der Waals surface area contributed by atoms with Gasteiger partial charge in [-0.15, -0.1) is 0 Å². The van der Waals surface area contributed by atoms with E-state index in [9.17, 15) is 9.50 Å². The first-order chi connectivity index (χ1) is 7.54. The van der Waals surface area contributed by atoms with Crippen LogP contribution in [0.25, 0.3) is 0 Å². The second-order valence-electron chi connectivity index (χ2n) is 3.85. The number of hydrogen-bond donors (Lipinski definition) is 2. The van der Waals surface area contributed by atoms with Crippen molar-refractivity contribution in [3.05, 3.63) is 29.6 Å². The van der Waals surface area contributed by atoms with E-state index < -0.39 is 11.9 Å². The summed E-state index contributed by atoms with van der Waals surface area (Å²) in [6, 6.07) is 4.42. The van der Waals surface area contributed by atoms with Gasteiger partial charge in [-0.1, -0.05) is 13.0 Å². The largest absolute Gasteiger partial charge is 0.488 e. The van der Waals surface area contributed by atoms with Crippen molar-refractivity contribution in [2.45, 2.75) is 32.4 Å². The minimum absolute atomic E-state index is 0.102. The van der Waals surface area contributed by atoms with Gasteiger partial charge in [-0.2, -0.15) is 0 Å². The SMILES string of the molecule is CCC(O)COc1ccc([C@H](C)N)cc1F. The highest BCUT2D eigenvalue weighted by Crippen LogP contribution is 2.21. The van der Waals surface area contributed by atoms with Crippen molar-refractivity contribution in [2.24, 2.45) is 5.73 Å². The van der Waals surface area contributed by atoms with Crippen molar-refractivity contribution in [1.29, 1.82) is 0 Å². The fourth-order valence-electron chi connectivity index (χ4n) is 1.22. The molecule has 1 aromatic rings. The van der Waals surface area contributed by atoms with Gasteiger partial charge in [0.05, 0.1) is 6.10 Å². The van der Waals surface area contributed by atoms with E-state index in [2.05, 4.69) is 0 Å². The molecule has 4 heteroatoms. The van der Waals surface area contributed by atoms with Gasteiger partial charge in [0.25, 0.3) is 0 Å². The average molecular weight is 227 g/mol. The zero-order chi connectivity index (χ0) is 12.1. The van der Waals surface area contributed by atoms with Crippen LogP contribution in [0.1, 0.15) is 31.9 Å². The highest BCUT2D eigenvalue weighted by molar-refractivity contribution is 5.30. The summed E-state index contributed by atoms with van der Waals surface area (Å²) in [7, 11) is 0. The van der Waals surface area contributed by atoms with E-state index in [0.29, 0.717) is 6.42 Å². The fraction of sp³-hybridized carbons (Fsp3) is 0.500. The van der Waals surface area contributed by atoms with Crippen LogP contribution in [0, 0.1) is 5.82 Å². The predicted molar refractivity (Wildman–Crippen MR) is 60.8 cm³/mol. The molecule has 16 heavy (non-hydrogen) atoms. The number of aliphatic hydroxyl groups excluding tert-OH is 1. The molecule has 2 atom stereocenters. The summed E-state index contributed by atoms with van der Waals surface area (Å²) in [5.41, 5.74) is 6.35. The lowest BCUT2D eigenvalue weighted by Gasteiger charge is -2.12. The van der Waals surface area contributed by atoms with E-state index in [0.717, 1.165) is 5.56 Å². The monoisotopic (exact) mass is 227 g/mol. The molecule has 0 fully saturated rings. The Kier molecular flexibility index (Phi) is 4.71. The van der Waals surface area contributed by atoms with Crippen LogP contribution in [-0.2, 0) is 0 Å². The van der Waals surface area contributed by atoms with E-state index in [1.54, 1.807) is 13.0 Å². The van der Waals surface area contributed by atoms with Crippen LogP contribution in [-0.4, -0.2) is 17.8 Å². The highest BCUT2D eigenvalue weighted by Gasteiger charge is 2.09. The molecule has 90 valence electrons. The predicted octanol–water partition coefficient (Wildman–Crippen LogP) is 2.00. The van der Waals surface area contributed by atoms with Crippen molar-refractivity contribution in [1.82, 2.24) is 0 Å². The van der Waals surface area contributed by atoms with Gasteiger partial charge in [-0.25, -0.2) is 4.39 Å². The Labute approximate surface area is 95.0 Å². The van der Waals surface area contributed by atoms with Crippen molar-refractivity contribution < 1.29 is 14.2 Å². The Morgan fingerprint density at radius 3 is 2.69 bits per heavy atom. The molecule has 0 aliphatic rings. The van der Waals surface area contributed by atoms with Crippen molar-refractivity contribution in [3.63, 3.8) is 0 Å². The molecule has 0 heterocycles. The number of hydrogen-bond acceptors (Lipinski definition) is 3. The molecule has 0 saturated carbocycles. The normalized spacial score (nSPS) is 14.6. The maximum Gasteiger partial charge on any atom is 0.165 e. The number of halogens is 1. The molecule has 3 N–H and O–H groups in total. The van der Waals surface area contributed by atoms with Crippen molar-refractivity contribution >= 4 is 0 Å². The summed E-state index contributed by atoms with van der Waals surface area (Å²) in [5, 5.41) is 9.29. The number of ether oxygens (including phenoxy) is 1. The van der Waals surface area contributed by atoms with E-state index in [-0.39, 0.29) is 18.4 Å². The van der Waals surface area contributed by atoms with Gasteiger partial charge in [0.1, 0.15) is 6.61 Å². The maximum absolute atomic E-state index is 13.5. The summed E-state index contributed by atoms with van der Waals surface area (Å²) >= 11 is 0. The van der Waals surface area contributed by atoms with Gasteiger partial charge in [0.2, 0.25) is 0 Å². The molecule has 0 spiro atoms. The summed E-state index contributed by atoms with van der Waals surface area (Å²) in [6.45, 7) is 3.73. The van der Waals surface area contributed by atoms with E-state index >= 15 is 0 Å². The molecular formula is C12H18FNO2. The quantitative estimate of drug-likeness (QED) is 0.808. The van der Waals surface area contributed by atoms with Crippen LogP contribution < -0.4 is 10.5 Å². The molecule has 1 rings (SSSR count). The fourth-order valence-corrected chi connectivity index (χ4v) is 1.22. The topological polar surface area (TPSA) is 55.5 Å². The summed E-state index contributed by atoms with van der Waals surface area (Å²) in [6.07, 6.45) is 0.0204. The zero-order valence-corrected chi connectivity index (χ0v) is 9.61. The molecule has 0 radical (unpaired) electrons. The van der Waals surface area contributed by atoms with Crippen molar-refractivity contribution in [2.75, 3.05) is 6.61 Å². The summed E-state index contributed by atoms with van der Waals surface area (Å²) in [5.74, 6) is -0.296. The lowest BCUT2D eigenvalue weighted by molar-refractivity contribution is 0.102. The smallest absolute Gasteiger partial charge is 0.165 e. The first-order valence-corrected chi connectivity index (χ1v) is 5.40. The minimum Gasteiger partial charge on any atom is -0.488 e. The molecular weight excluding hydrogens is 209 g/mol. The molecule has 3 nitrogen and oxygen atoms in total. The van der Waals surface area contributed by atoms with Crippen LogP contribution in [0.4, 0.5) is 4.39 Å². The van der Waals surface area contributed by atoms with Crippen LogP contribution >= 0.6 is 0 Å². The molecule has 1 aromatic carbocycles. The Morgan fingerprint density at radius 1 is 1.50 bits per heavy atom. The number of rotatable bonds is 5. The number of aliphatic hydroxyl groups is 1. The Morgan fingerprint density at radius 2 is 2.19 bits per heavy atom. The average Bonchev–Trinajstić information content (AvgIpc) is 2.26. The van der Waals surface area contributed by atoms with Crippen LogP contribution in [0.15, 0.2) is 18.2 Å². The van der Waals surface area contributed by atoms with Gasteiger partial charge in [0, 0.05) is 6.04 Å². The third-order valence-electron chi connectivity index (χ3n) is 2.38. The lowest BCUT2D eigenvalue weighted by Crippen LogP contribution is -2.16. The second-order valence-corrected chi connectivity index (χ2v) is 3.85. The van der Waals surface area contributed by atoms with Crippen LogP contribution in [0.3, 0.4) is 0 Å².